The molecular weight excluding hydrogens is 414 g/mol. The van der Waals surface area contributed by atoms with Gasteiger partial charge in [-0.3, -0.25) is 14.3 Å². The van der Waals surface area contributed by atoms with Crippen molar-refractivity contribution < 1.29 is 9.84 Å². The molecule has 1 unspecified atom stereocenters. The summed E-state index contributed by atoms with van der Waals surface area (Å²) in [7, 11) is 5.44. The Labute approximate surface area is 185 Å². The van der Waals surface area contributed by atoms with E-state index in [1.54, 1.807) is 6.21 Å². The summed E-state index contributed by atoms with van der Waals surface area (Å²) in [6, 6.07) is 7.78. The van der Waals surface area contributed by atoms with E-state index in [9.17, 15) is 14.7 Å². The number of aryl methyl sites for hydroxylation is 1. The third kappa shape index (κ3) is 5.24. The second-order valence-corrected chi connectivity index (χ2v) is 7.93. The molecule has 2 heterocycles. The van der Waals surface area contributed by atoms with E-state index in [0.29, 0.717) is 0 Å². The summed E-state index contributed by atoms with van der Waals surface area (Å²) in [6.07, 6.45) is 0.675. The molecule has 0 aliphatic heterocycles. The number of aromatic nitrogens is 4. The zero-order chi connectivity index (χ0) is 23.4. The molecule has 32 heavy (non-hydrogen) atoms. The van der Waals surface area contributed by atoms with Crippen molar-refractivity contribution in [2.45, 2.75) is 32.6 Å². The van der Waals surface area contributed by atoms with Crippen LogP contribution in [-0.4, -0.2) is 63.3 Å². The zero-order valence-corrected chi connectivity index (χ0v) is 18.9. The number of fused-ring (bicyclic) bond motifs is 1. The molecule has 0 amide bonds. The molecule has 0 radical (unpaired) electrons. The van der Waals surface area contributed by atoms with E-state index >= 15 is 0 Å². The minimum absolute atomic E-state index is 0.0277. The predicted molar refractivity (Wildman–Crippen MR) is 125 cm³/mol. The number of benzene rings is 1. The molecule has 3 N–H and O–H groups in total. The summed E-state index contributed by atoms with van der Waals surface area (Å²) < 4.78 is 8.19. The summed E-state index contributed by atoms with van der Waals surface area (Å²) >= 11 is 0. The fourth-order valence-corrected chi connectivity index (χ4v) is 3.09. The van der Waals surface area contributed by atoms with Gasteiger partial charge in [-0.1, -0.05) is 12.1 Å². The number of hydrazone groups is 1. The van der Waals surface area contributed by atoms with Crippen molar-refractivity contribution in [3.63, 3.8) is 0 Å². The average Bonchev–Trinajstić information content (AvgIpc) is 3.09. The van der Waals surface area contributed by atoms with Gasteiger partial charge in [-0.15, -0.1) is 0 Å². The number of nitrogens with one attached hydrogen (secondary N) is 2. The number of aromatic amines is 1. The number of nitrogens with zero attached hydrogens (tertiary/aromatic N) is 5. The molecule has 11 nitrogen and oxygen atoms in total. The van der Waals surface area contributed by atoms with Gasteiger partial charge in [-0.05, 0) is 31.5 Å². The summed E-state index contributed by atoms with van der Waals surface area (Å²) in [5.41, 5.74) is 3.92. The Bertz CT molecular complexity index is 1210. The maximum absolute atomic E-state index is 12.5. The largest absolute Gasteiger partial charge is 0.389 e. The number of H-pyrrole nitrogens is 1. The van der Waals surface area contributed by atoms with Crippen molar-refractivity contribution in [2.75, 3.05) is 31.0 Å². The molecule has 1 atom stereocenters. The molecule has 0 spiro atoms. The lowest BCUT2D eigenvalue weighted by molar-refractivity contribution is -0.000105. The Morgan fingerprint density at radius 2 is 1.97 bits per heavy atom. The highest BCUT2D eigenvalue weighted by atomic mass is 16.5. The van der Waals surface area contributed by atoms with Crippen LogP contribution in [0.1, 0.15) is 19.4 Å². The molecule has 3 aromatic rings. The van der Waals surface area contributed by atoms with Gasteiger partial charge in [0.25, 0.3) is 5.56 Å². The van der Waals surface area contributed by atoms with Crippen LogP contribution in [0.3, 0.4) is 0 Å². The topological polar surface area (TPSA) is 130 Å². The van der Waals surface area contributed by atoms with Crippen molar-refractivity contribution in [1.29, 1.82) is 0 Å². The molecule has 11 heteroatoms. The monoisotopic (exact) mass is 443 g/mol. The maximum atomic E-state index is 12.5. The molecule has 172 valence electrons. The van der Waals surface area contributed by atoms with E-state index in [0.717, 1.165) is 11.3 Å². The van der Waals surface area contributed by atoms with E-state index in [4.69, 9.17) is 4.74 Å². The average molecular weight is 444 g/mol. The number of aliphatic hydroxyl groups excluding tert-OH is 1. The summed E-state index contributed by atoms with van der Waals surface area (Å²) in [6.45, 7) is 3.85. The minimum Gasteiger partial charge on any atom is -0.389 e. The fourth-order valence-electron chi connectivity index (χ4n) is 3.09. The number of rotatable bonds is 9. The molecular formula is C21H29N7O4. The van der Waals surface area contributed by atoms with Crippen molar-refractivity contribution in [2.24, 2.45) is 12.1 Å². The lowest BCUT2D eigenvalue weighted by atomic mass is 10.2. The van der Waals surface area contributed by atoms with Gasteiger partial charge in [-0.2, -0.15) is 10.1 Å². The normalized spacial score (nSPS) is 12.7. The van der Waals surface area contributed by atoms with Gasteiger partial charge in [0.2, 0.25) is 5.95 Å². The van der Waals surface area contributed by atoms with E-state index in [1.165, 1.54) is 16.2 Å². The predicted octanol–water partition coefficient (Wildman–Crippen LogP) is 0.721. The standard InChI is InChI=1S/C21H29N7O4/c1-13(2)32-12-16(29)11-28-17-18(27(5)21(31)24-19(17)30)23-20(28)25-22-10-14-6-8-15(9-7-14)26(3)4/h6-10,13,16,29H,11-12H2,1-5H3,(H,23,25)(H,24,30,31). The van der Waals surface area contributed by atoms with Crippen LogP contribution >= 0.6 is 0 Å². The van der Waals surface area contributed by atoms with Gasteiger partial charge in [0.05, 0.1) is 31.6 Å². The lowest BCUT2D eigenvalue weighted by Crippen LogP contribution is -2.30. The molecule has 0 saturated carbocycles. The second-order valence-electron chi connectivity index (χ2n) is 7.93. The van der Waals surface area contributed by atoms with Crippen LogP contribution in [-0.2, 0) is 18.3 Å². The van der Waals surface area contributed by atoms with Gasteiger partial charge in [0, 0.05) is 26.8 Å². The zero-order valence-electron chi connectivity index (χ0n) is 18.9. The van der Waals surface area contributed by atoms with E-state index in [1.807, 2.05) is 57.1 Å². The Hall–Kier alpha value is -3.44. The smallest absolute Gasteiger partial charge is 0.329 e. The third-order valence-corrected chi connectivity index (χ3v) is 4.81. The third-order valence-electron chi connectivity index (χ3n) is 4.81. The number of anilines is 2. The Morgan fingerprint density at radius 1 is 1.28 bits per heavy atom. The molecule has 2 aromatic heterocycles. The molecule has 0 aliphatic rings. The van der Waals surface area contributed by atoms with E-state index in [2.05, 4.69) is 20.5 Å². The molecule has 0 fully saturated rings. The SMILES string of the molecule is CC(C)OCC(O)Cn1c(NN=Cc2ccc(N(C)C)cc2)nc2c1c(=O)[nH]c(=O)n2C. The second kappa shape index (κ2) is 9.79. The lowest BCUT2D eigenvalue weighted by Gasteiger charge is -2.15. The van der Waals surface area contributed by atoms with Crippen LogP contribution in [0.15, 0.2) is 39.0 Å². The number of hydrogen-bond donors (Lipinski definition) is 3. The van der Waals surface area contributed by atoms with Crippen LogP contribution < -0.4 is 21.6 Å². The van der Waals surface area contributed by atoms with Gasteiger partial charge in [0.15, 0.2) is 11.2 Å². The van der Waals surface area contributed by atoms with Crippen LogP contribution in [0.2, 0.25) is 0 Å². The Balaban J connectivity index is 1.92. The first-order valence-electron chi connectivity index (χ1n) is 10.2. The fraction of sp³-hybridized carbons (Fsp3) is 0.429. The van der Waals surface area contributed by atoms with E-state index < -0.39 is 17.4 Å². The highest BCUT2D eigenvalue weighted by molar-refractivity contribution is 5.81. The number of aliphatic hydroxyl groups is 1. The van der Waals surface area contributed by atoms with Crippen LogP contribution in [0.4, 0.5) is 11.6 Å². The molecule has 0 aliphatic carbocycles. The number of hydrogen-bond acceptors (Lipinski definition) is 8. The number of imidazole rings is 1. The van der Waals surface area contributed by atoms with Crippen LogP contribution in [0.5, 0.6) is 0 Å². The van der Waals surface area contributed by atoms with Crippen molar-refractivity contribution in [1.82, 2.24) is 19.1 Å². The first-order valence-corrected chi connectivity index (χ1v) is 10.2. The summed E-state index contributed by atoms with van der Waals surface area (Å²) in [4.78, 5) is 33.1. The summed E-state index contributed by atoms with van der Waals surface area (Å²) in [5.74, 6) is 0.219. The highest BCUT2D eigenvalue weighted by Crippen LogP contribution is 2.17. The van der Waals surface area contributed by atoms with Crippen molar-refractivity contribution >= 4 is 29.0 Å². The van der Waals surface area contributed by atoms with E-state index in [-0.39, 0.29) is 36.4 Å². The first kappa shape index (κ1) is 23.2. The molecule has 0 bridgehead atoms. The number of ether oxygens (including phenoxy) is 1. The molecule has 0 saturated heterocycles. The minimum atomic E-state index is -0.894. The van der Waals surface area contributed by atoms with Crippen LogP contribution in [0, 0.1) is 0 Å². The van der Waals surface area contributed by atoms with Gasteiger partial charge < -0.3 is 19.3 Å². The first-order chi connectivity index (χ1) is 15.2. The maximum Gasteiger partial charge on any atom is 0.329 e. The summed E-state index contributed by atoms with van der Waals surface area (Å²) in [5, 5.41) is 14.6. The van der Waals surface area contributed by atoms with Crippen LogP contribution in [0.25, 0.3) is 11.2 Å². The van der Waals surface area contributed by atoms with Gasteiger partial charge in [-0.25, -0.2) is 10.2 Å². The Kier molecular flexibility index (Phi) is 7.11. The molecule has 1 aromatic carbocycles. The van der Waals surface area contributed by atoms with Gasteiger partial charge >= 0.3 is 5.69 Å². The van der Waals surface area contributed by atoms with Crippen molar-refractivity contribution in [3.05, 3.63) is 50.7 Å². The van der Waals surface area contributed by atoms with Crippen molar-refractivity contribution in [3.8, 4) is 0 Å². The quantitative estimate of drug-likeness (QED) is 0.328. The molecule has 3 rings (SSSR count). The Morgan fingerprint density at radius 3 is 2.59 bits per heavy atom. The van der Waals surface area contributed by atoms with Gasteiger partial charge in [0.1, 0.15) is 0 Å². The highest BCUT2D eigenvalue weighted by Gasteiger charge is 2.19.